The molecule has 0 spiro atoms. The number of ether oxygens (including phenoxy) is 2. The van der Waals surface area contributed by atoms with Crippen molar-refractivity contribution in [2.75, 3.05) is 24.1 Å². The number of fused-ring (bicyclic) bond motifs is 2. The number of nitrogens with zero attached hydrogens (tertiary/aromatic N) is 7. The van der Waals surface area contributed by atoms with Gasteiger partial charge in [-0.3, -0.25) is 25.6 Å². The second-order valence-corrected chi connectivity index (χ2v) is 12.8. The number of aromatic nitrogens is 4. The average molecular weight is 762 g/mol. The van der Waals surface area contributed by atoms with Crippen LogP contribution in [0.4, 0.5) is 10.3 Å². The van der Waals surface area contributed by atoms with E-state index in [4.69, 9.17) is 19.8 Å². The van der Waals surface area contributed by atoms with Crippen LogP contribution in [0.15, 0.2) is 95.4 Å². The third-order valence-corrected chi connectivity index (χ3v) is 8.81. The molecule has 2 aromatic carbocycles. The van der Waals surface area contributed by atoms with E-state index in [0.29, 0.717) is 48.5 Å². The summed E-state index contributed by atoms with van der Waals surface area (Å²) in [6.45, 7) is 4.61. The first-order valence-corrected chi connectivity index (χ1v) is 17.6. The smallest absolute Gasteiger partial charge is 0.870 e. The molecule has 0 aliphatic rings. The molecular weight excluding hydrogens is 726 g/mol. The molecule has 6 rings (SSSR count). The Hall–Kier alpha value is -5.02. The molecular formula is C36H36N9NaO5S2. The van der Waals surface area contributed by atoms with Gasteiger partial charge in [0, 0.05) is 25.2 Å². The molecule has 0 radical (unpaired) electrons. The van der Waals surface area contributed by atoms with Crippen molar-refractivity contribution in [1.29, 1.82) is 5.26 Å². The molecule has 0 bridgehead atoms. The van der Waals surface area contributed by atoms with Crippen molar-refractivity contribution in [3.63, 3.8) is 0 Å². The first kappa shape index (κ1) is 42.4. The molecule has 268 valence electrons. The Morgan fingerprint density at radius 3 is 1.70 bits per heavy atom. The van der Waals surface area contributed by atoms with E-state index in [2.05, 4.69) is 47.1 Å². The molecule has 0 saturated heterocycles. The summed E-state index contributed by atoms with van der Waals surface area (Å²) in [6.07, 6.45) is 5.19. The first-order valence-electron chi connectivity index (χ1n) is 16.0. The first-order chi connectivity index (χ1) is 24.9. The number of carboxylic acid groups (broad SMARTS) is 1. The summed E-state index contributed by atoms with van der Waals surface area (Å²) in [5.41, 5.74) is 10.7. The van der Waals surface area contributed by atoms with Crippen LogP contribution in [0.3, 0.4) is 0 Å². The molecule has 0 atom stereocenters. The minimum Gasteiger partial charge on any atom is -0.870 e. The molecule has 0 aliphatic carbocycles. The molecule has 0 amide bonds. The van der Waals surface area contributed by atoms with E-state index < -0.39 is 5.97 Å². The molecule has 0 saturated carbocycles. The maximum atomic E-state index is 10.6. The Kier molecular flexibility index (Phi) is 17.7. The van der Waals surface area contributed by atoms with Crippen molar-refractivity contribution in [3.8, 4) is 17.6 Å². The van der Waals surface area contributed by atoms with Crippen LogP contribution in [0.2, 0.25) is 0 Å². The molecule has 0 aliphatic heterocycles. The van der Waals surface area contributed by atoms with Gasteiger partial charge in [0.15, 0.2) is 0 Å². The third kappa shape index (κ3) is 12.9. The number of thiazole rings is 2. The number of unbranched alkanes of at least 4 members (excludes halogenated alkanes) is 1. The van der Waals surface area contributed by atoms with Crippen LogP contribution in [-0.2, 0) is 4.79 Å². The van der Waals surface area contributed by atoms with Gasteiger partial charge in [0.25, 0.3) is 0 Å². The van der Waals surface area contributed by atoms with Crippen LogP contribution < -0.4 is 49.9 Å². The van der Waals surface area contributed by atoms with E-state index in [0.717, 1.165) is 49.0 Å². The summed E-state index contributed by atoms with van der Waals surface area (Å²) >= 11 is 2.98. The molecule has 14 nitrogen and oxygen atoms in total. The van der Waals surface area contributed by atoms with Gasteiger partial charge < -0.3 is 20.1 Å². The molecule has 4 heterocycles. The van der Waals surface area contributed by atoms with E-state index in [1.54, 1.807) is 12.4 Å². The molecule has 53 heavy (non-hydrogen) atoms. The van der Waals surface area contributed by atoms with Crippen LogP contribution in [0.25, 0.3) is 20.4 Å². The predicted molar refractivity (Wildman–Crippen MR) is 204 cm³/mol. The number of aliphatic carboxylic acids is 1. The van der Waals surface area contributed by atoms with Crippen LogP contribution in [0, 0.1) is 11.3 Å². The van der Waals surface area contributed by atoms with Gasteiger partial charge in [-0.05, 0) is 75.2 Å². The van der Waals surface area contributed by atoms with Crippen LogP contribution in [0.1, 0.15) is 50.9 Å². The van der Waals surface area contributed by atoms with Crippen molar-refractivity contribution in [1.82, 2.24) is 19.9 Å². The van der Waals surface area contributed by atoms with Gasteiger partial charge >= 0.3 is 35.5 Å². The number of rotatable bonds is 15. The van der Waals surface area contributed by atoms with Gasteiger partial charge in [-0.1, -0.05) is 46.9 Å². The van der Waals surface area contributed by atoms with E-state index in [1.165, 1.54) is 22.7 Å². The Morgan fingerprint density at radius 2 is 1.26 bits per heavy atom. The summed E-state index contributed by atoms with van der Waals surface area (Å²) in [7, 11) is 0. The summed E-state index contributed by atoms with van der Waals surface area (Å²) in [6, 6.07) is 25.0. The van der Waals surface area contributed by atoms with Crippen molar-refractivity contribution in [2.24, 2.45) is 10.2 Å². The zero-order valence-electron chi connectivity index (χ0n) is 29.4. The number of hydrazone groups is 2. The van der Waals surface area contributed by atoms with E-state index >= 15 is 0 Å². The number of carboxylic acids is 1. The standard InChI is InChI=1S/C18H17N5OS.C18H18N4O3S.Na.H2O/c1-13(14-7-2-4-11-20-14)22-23-18-21-17-15(24-12-5-3-10-19)8-6-9-16(17)25-18;1-12(13-6-2-3-10-19-13)21-22-18-20-17-14(7-4-8-15(17)26-18)25-11-5-9-16(23)24;;/h2,4,6-9,11H,3,5,12H2,1H3,(H,21,23);2-4,6-8,10H,5,9,11H2,1H3,(H,20,22)(H,23,24);;1H2/q;;+1;/p-1/b22-13+;21-12+;;. The summed E-state index contributed by atoms with van der Waals surface area (Å²) in [5, 5.41) is 27.3. The maximum absolute atomic E-state index is 10.6. The largest absolute Gasteiger partial charge is 1.00 e. The number of hydrogen-bond acceptors (Lipinski definition) is 15. The second kappa shape index (κ2) is 22.1. The Balaban J connectivity index is 0.000000275. The van der Waals surface area contributed by atoms with Crippen LogP contribution in [0.5, 0.6) is 11.5 Å². The number of benzene rings is 2. The summed E-state index contributed by atoms with van der Waals surface area (Å²) in [5.74, 6) is 0.542. The van der Waals surface area contributed by atoms with Gasteiger partial charge in [0.2, 0.25) is 10.3 Å². The number of nitriles is 1. The van der Waals surface area contributed by atoms with Crippen molar-refractivity contribution >= 4 is 70.8 Å². The minimum absolute atomic E-state index is 0. The molecule has 4 aromatic heterocycles. The third-order valence-electron chi connectivity index (χ3n) is 6.96. The predicted octanol–water partition coefficient (Wildman–Crippen LogP) is 4.81. The maximum Gasteiger partial charge on any atom is 1.00 e. The number of anilines is 2. The molecule has 6 aromatic rings. The number of pyridine rings is 2. The number of para-hydroxylation sites is 2. The average Bonchev–Trinajstić information content (AvgIpc) is 3.79. The van der Waals surface area contributed by atoms with Crippen molar-refractivity contribution in [2.45, 2.75) is 39.5 Å². The SMILES string of the molecule is C/C(=N\Nc1nc2c(OCCCC#N)cccc2s1)c1ccccn1.C/C(=N\Nc1nc2c(OCCCC(=O)O)cccc2s1)c1ccccn1.[Na+].[OH-]. The van der Waals surface area contributed by atoms with Gasteiger partial charge in [-0.25, -0.2) is 9.97 Å². The van der Waals surface area contributed by atoms with E-state index in [1.807, 2.05) is 86.6 Å². The fraction of sp³-hybridized carbons (Fsp3) is 0.222. The summed E-state index contributed by atoms with van der Waals surface area (Å²) in [4.78, 5) is 28.2. The molecule has 0 unspecified atom stereocenters. The normalized spacial score (nSPS) is 11.0. The Morgan fingerprint density at radius 1 is 0.774 bits per heavy atom. The molecule has 17 heteroatoms. The van der Waals surface area contributed by atoms with Gasteiger partial charge in [-0.2, -0.15) is 15.5 Å². The monoisotopic (exact) mass is 761 g/mol. The Labute approximate surface area is 336 Å². The Bertz CT molecular complexity index is 2160. The zero-order valence-corrected chi connectivity index (χ0v) is 33.0. The van der Waals surface area contributed by atoms with Gasteiger partial charge in [-0.15, -0.1) is 0 Å². The summed E-state index contributed by atoms with van der Waals surface area (Å²) < 4.78 is 13.4. The van der Waals surface area contributed by atoms with Crippen LogP contribution in [-0.4, -0.2) is 61.1 Å². The van der Waals surface area contributed by atoms with Gasteiger partial charge in [0.1, 0.15) is 22.5 Å². The quantitative estimate of drug-likeness (QED) is 0.0558. The van der Waals surface area contributed by atoms with Crippen molar-refractivity contribution in [3.05, 3.63) is 96.6 Å². The van der Waals surface area contributed by atoms with E-state index in [9.17, 15) is 4.79 Å². The van der Waals surface area contributed by atoms with E-state index in [-0.39, 0.29) is 41.5 Å². The van der Waals surface area contributed by atoms with Gasteiger partial charge in [0.05, 0.1) is 51.5 Å². The second-order valence-electron chi connectivity index (χ2n) is 10.7. The fourth-order valence-electron chi connectivity index (χ4n) is 4.45. The topological polar surface area (TPSA) is 210 Å². The minimum atomic E-state index is -0.826. The van der Waals surface area contributed by atoms with Crippen LogP contribution >= 0.6 is 22.7 Å². The zero-order chi connectivity index (χ0) is 35.8. The number of carbonyl (C=O) groups is 1. The molecule has 0 fully saturated rings. The number of hydrogen-bond donors (Lipinski definition) is 3. The molecule has 4 N–H and O–H groups in total. The fourth-order valence-corrected chi connectivity index (χ4v) is 6.10. The van der Waals surface area contributed by atoms with Crippen molar-refractivity contribution < 1.29 is 54.4 Å². The number of nitrogens with one attached hydrogen (secondary N) is 2.